The zero-order valence-corrected chi connectivity index (χ0v) is 10.3. The predicted molar refractivity (Wildman–Crippen MR) is 64.5 cm³/mol. The van der Waals surface area contributed by atoms with Crippen molar-refractivity contribution < 1.29 is 0 Å². The molecule has 1 unspecified atom stereocenters. The van der Waals surface area contributed by atoms with Crippen LogP contribution < -0.4 is 0 Å². The minimum absolute atomic E-state index is 0.819. The van der Waals surface area contributed by atoms with Gasteiger partial charge in [-0.3, -0.25) is 0 Å². The van der Waals surface area contributed by atoms with Gasteiger partial charge >= 0.3 is 0 Å². The summed E-state index contributed by atoms with van der Waals surface area (Å²) in [5, 5.41) is 0.820. The van der Waals surface area contributed by atoms with Crippen LogP contribution in [0.5, 0.6) is 0 Å². The molecule has 0 aliphatic heterocycles. The van der Waals surface area contributed by atoms with E-state index in [9.17, 15) is 0 Å². The fraction of sp³-hybridized carbons (Fsp3) is 1.00. The van der Waals surface area contributed by atoms with Crippen molar-refractivity contribution in [2.75, 3.05) is 11.5 Å². The Morgan fingerprint density at radius 3 is 2.25 bits per heavy atom. The van der Waals surface area contributed by atoms with Gasteiger partial charge in [-0.2, -0.15) is 24.4 Å². The number of thioether (sulfide) groups is 1. The summed E-state index contributed by atoms with van der Waals surface area (Å²) in [5.41, 5.74) is 0. The maximum Gasteiger partial charge on any atom is 0.00417 e. The van der Waals surface area contributed by atoms with E-state index in [1.54, 1.807) is 0 Å². The van der Waals surface area contributed by atoms with Gasteiger partial charge in [0.1, 0.15) is 0 Å². The van der Waals surface area contributed by atoms with Crippen molar-refractivity contribution in [1.29, 1.82) is 0 Å². The molecule has 0 spiro atoms. The van der Waals surface area contributed by atoms with Crippen molar-refractivity contribution in [3.63, 3.8) is 0 Å². The minimum Gasteiger partial charge on any atom is -0.179 e. The Morgan fingerprint density at radius 2 is 1.75 bits per heavy atom. The summed E-state index contributed by atoms with van der Waals surface area (Å²) in [6.45, 7) is 6.92. The van der Waals surface area contributed by atoms with Gasteiger partial charge in [-0.1, -0.05) is 27.2 Å². The second-order valence-corrected chi connectivity index (χ2v) is 5.54. The van der Waals surface area contributed by atoms with Crippen LogP contribution in [0.2, 0.25) is 0 Å². The standard InChI is InChI=1S/C10H22S2/c1-9(2)10(3)12-8-6-4-5-7-11/h9-11H,4-8H2,1-3H3. The molecular formula is C10H22S2. The summed E-state index contributed by atoms with van der Waals surface area (Å²) in [7, 11) is 0. The maximum atomic E-state index is 4.19. The highest BCUT2D eigenvalue weighted by atomic mass is 32.2. The lowest BCUT2D eigenvalue weighted by Crippen LogP contribution is -2.06. The van der Waals surface area contributed by atoms with Crippen molar-refractivity contribution in [3.8, 4) is 0 Å². The summed E-state index contributed by atoms with van der Waals surface area (Å²) >= 11 is 6.30. The van der Waals surface area contributed by atoms with Gasteiger partial charge in [0.2, 0.25) is 0 Å². The zero-order chi connectivity index (χ0) is 9.40. The van der Waals surface area contributed by atoms with Gasteiger partial charge in [0.15, 0.2) is 0 Å². The smallest absolute Gasteiger partial charge is 0.00417 e. The molecule has 0 fully saturated rings. The first-order valence-electron chi connectivity index (χ1n) is 4.91. The summed E-state index contributed by atoms with van der Waals surface area (Å²) in [6.07, 6.45) is 3.99. The van der Waals surface area contributed by atoms with E-state index >= 15 is 0 Å². The van der Waals surface area contributed by atoms with Crippen LogP contribution in [0.15, 0.2) is 0 Å². The van der Waals surface area contributed by atoms with Crippen LogP contribution in [0.3, 0.4) is 0 Å². The van der Waals surface area contributed by atoms with Crippen LogP contribution in [0.4, 0.5) is 0 Å². The lowest BCUT2D eigenvalue weighted by Gasteiger charge is -2.14. The van der Waals surface area contributed by atoms with Crippen molar-refractivity contribution >= 4 is 24.4 Å². The first-order chi connectivity index (χ1) is 5.68. The van der Waals surface area contributed by atoms with Crippen molar-refractivity contribution in [2.45, 2.75) is 45.3 Å². The molecule has 0 aromatic rings. The molecule has 0 aromatic heterocycles. The SMILES string of the molecule is CC(C)C(C)SCCCCCS. The molecule has 0 rings (SSSR count). The van der Waals surface area contributed by atoms with E-state index in [4.69, 9.17) is 0 Å². The van der Waals surface area contributed by atoms with Gasteiger partial charge in [-0.05, 0) is 30.3 Å². The lowest BCUT2D eigenvalue weighted by molar-refractivity contribution is 0.641. The summed E-state index contributed by atoms with van der Waals surface area (Å²) in [4.78, 5) is 0. The second-order valence-electron chi connectivity index (χ2n) is 3.60. The molecule has 0 aromatic carbocycles. The normalized spacial score (nSPS) is 13.8. The molecular weight excluding hydrogens is 184 g/mol. The Kier molecular flexibility index (Phi) is 8.79. The van der Waals surface area contributed by atoms with Crippen LogP contribution in [-0.4, -0.2) is 16.8 Å². The second kappa shape index (κ2) is 8.31. The molecule has 0 radical (unpaired) electrons. The van der Waals surface area contributed by atoms with E-state index in [0.717, 1.165) is 16.9 Å². The zero-order valence-electron chi connectivity index (χ0n) is 8.55. The molecule has 0 nitrogen and oxygen atoms in total. The molecule has 0 saturated carbocycles. The fourth-order valence-electron chi connectivity index (χ4n) is 0.852. The quantitative estimate of drug-likeness (QED) is 0.487. The molecule has 0 heterocycles. The van der Waals surface area contributed by atoms with E-state index in [-0.39, 0.29) is 0 Å². The molecule has 1 atom stereocenters. The molecule has 0 amide bonds. The average molecular weight is 206 g/mol. The number of thiol groups is 1. The van der Waals surface area contributed by atoms with Crippen LogP contribution in [0.25, 0.3) is 0 Å². The molecule has 0 saturated heterocycles. The van der Waals surface area contributed by atoms with Crippen LogP contribution in [-0.2, 0) is 0 Å². The van der Waals surface area contributed by atoms with E-state index in [0.29, 0.717) is 0 Å². The Bertz CT molecular complexity index is 91.8. The third-order valence-corrected chi connectivity index (χ3v) is 4.03. The van der Waals surface area contributed by atoms with Gasteiger partial charge in [0.05, 0.1) is 0 Å². The fourth-order valence-corrected chi connectivity index (χ4v) is 2.20. The minimum atomic E-state index is 0.819. The van der Waals surface area contributed by atoms with Gasteiger partial charge in [0, 0.05) is 5.25 Å². The first-order valence-corrected chi connectivity index (χ1v) is 6.59. The maximum absolute atomic E-state index is 4.19. The summed E-state index contributed by atoms with van der Waals surface area (Å²) < 4.78 is 0. The third kappa shape index (κ3) is 7.35. The van der Waals surface area contributed by atoms with Crippen molar-refractivity contribution in [3.05, 3.63) is 0 Å². The molecule has 0 bridgehead atoms. The molecule has 0 aliphatic carbocycles. The molecule has 12 heavy (non-hydrogen) atoms. The Balaban J connectivity index is 3.08. The average Bonchev–Trinajstić information content (AvgIpc) is 2.03. The van der Waals surface area contributed by atoms with Crippen molar-refractivity contribution in [1.82, 2.24) is 0 Å². The number of hydrogen-bond acceptors (Lipinski definition) is 2. The Labute approximate surface area is 87.3 Å². The Hall–Kier alpha value is 0.700. The highest BCUT2D eigenvalue weighted by molar-refractivity contribution is 7.99. The van der Waals surface area contributed by atoms with Gasteiger partial charge in [-0.25, -0.2) is 0 Å². The van der Waals surface area contributed by atoms with E-state index < -0.39 is 0 Å². The van der Waals surface area contributed by atoms with Crippen LogP contribution in [0.1, 0.15) is 40.0 Å². The first kappa shape index (κ1) is 12.7. The topological polar surface area (TPSA) is 0 Å². The van der Waals surface area contributed by atoms with Gasteiger partial charge < -0.3 is 0 Å². The highest BCUT2D eigenvalue weighted by Gasteiger charge is 2.05. The lowest BCUT2D eigenvalue weighted by atomic mass is 10.2. The summed E-state index contributed by atoms with van der Waals surface area (Å²) in [5.74, 6) is 3.19. The van der Waals surface area contributed by atoms with Crippen LogP contribution in [0, 0.1) is 5.92 Å². The number of rotatable bonds is 7. The van der Waals surface area contributed by atoms with Gasteiger partial charge in [-0.15, -0.1) is 0 Å². The molecule has 0 aliphatic rings. The highest BCUT2D eigenvalue weighted by Crippen LogP contribution is 2.19. The largest absolute Gasteiger partial charge is 0.179 e. The number of unbranched alkanes of at least 4 members (excludes halogenated alkanes) is 2. The van der Waals surface area contributed by atoms with Gasteiger partial charge in [0.25, 0.3) is 0 Å². The van der Waals surface area contributed by atoms with E-state index in [1.165, 1.54) is 25.0 Å². The molecule has 0 N–H and O–H groups in total. The molecule has 74 valence electrons. The summed E-state index contributed by atoms with van der Waals surface area (Å²) in [6, 6.07) is 0. The van der Waals surface area contributed by atoms with E-state index in [2.05, 4.69) is 45.2 Å². The molecule has 2 heteroatoms. The van der Waals surface area contributed by atoms with E-state index in [1.807, 2.05) is 0 Å². The Morgan fingerprint density at radius 1 is 1.08 bits per heavy atom. The monoisotopic (exact) mass is 206 g/mol. The predicted octanol–water partition coefficient (Wildman–Crippen LogP) is 3.86. The number of hydrogen-bond donors (Lipinski definition) is 1. The van der Waals surface area contributed by atoms with Crippen molar-refractivity contribution in [2.24, 2.45) is 5.92 Å². The van der Waals surface area contributed by atoms with Crippen LogP contribution >= 0.6 is 24.4 Å². The third-order valence-electron chi connectivity index (χ3n) is 2.12.